The summed E-state index contributed by atoms with van der Waals surface area (Å²) in [4.78, 5) is 16.0. The molecular formula is C9H7N2OSSe. The van der Waals surface area contributed by atoms with Gasteiger partial charge >= 0.3 is 94.4 Å². The van der Waals surface area contributed by atoms with Crippen molar-refractivity contribution in [3.8, 4) is 12.3 Å². The molecule has 0 spiro atoms. The second-order valence-electron chi connectivity index (χ2n) is 2.26. The summed E-state index contributed by atoms with van der Waals surface area (Å²) in [5.74, 6) is 2.18. The van der Waals surface area contributed by atoms with Gasteiger partial charge in [-0.2, -0.15) is 0 Å². The normalized spacial score (nSPS) is 10.6. The minimum atomic E-state index is -0.172. The van der Waals surface area contributed by atoms with Gasteiger partial charge in [-0.3, -0.25) is 0 Å². The summed E-state index contributed by atoms with van der Waals surface area (Å²) >= 11 is 4.01. The van der Waals surface area contributed by atoms with Crippen LogP contribution in [0.25, 0.3) is 0 Å². The van der Waals surface area contributed by atoms with Crippen LogP contribution in [0.4, 0.5) is 0 Å². The number of hydrogen-bond acceptors (Lipinski definition) is 3. The number of carbonyl (C=O) groups excluding carboxylic acids is 1. The summed E-state index contributed by atoms with van der Waals surface area (Å²) in [5.41, 5.74) is 0. The number of hydrogen-bond donors (Lipinski definition) is 1. The van der Waals surface area contributed by atoms with Crippen molar-refractivity contribution in [3.63, 3.8) is 0 Å². The molecule has 0 aliphatic rings. The Hall–Kier alpha value is -1.08. The number of amidine groups is 1. The Bertz CT molecular complexity index is 378. The van der Waals surface area contributed by atoms with Crippen LogP contribution >= 0.6 is 11.3 Å². The molecule has 0 unspecified atom stereocenters. The van der Waals surface area contributed by atoms with Crippen LogP contribution in [0.3, 0.4) is 0 Å². The predicted molar refractivity (Wildman–Crippen MR) is 58.7 cm³/mol. The first-order chi connectivity index (χ1) is 6.74. The van der Waals surface area contributed by atoms with Gasteiger partial charge in [0.25, 0.3) is 0 Å². The number of carbonyl (C=O) groups is 1. The SMILES string of the molecule is C#CCN=C([Se])NC(=O)c1cccs1. The zero-order valence-corrected chi connectivity index (χ0v) is 9.72. The van der Waals surface area contributed by atoms with Gasteiger partial charge in [-0.25, -0.2) is 0 Å². The van der Waals surface area contributed by atoms with Crippen molar-refractivity contribution in [2.24, 2.45) is 4.99 Å². The number of aliphatic imine (C=N–C) groups is 1. The van der Waals surface area contributed by atoms with Crippen LogP contribution in [0, 0.1) is 12.3 Å². The molecule has 0 aromatic carbocycles. The number of terminal acetylenes is 1. The van der Waals surface area contributed by atoms with E-state index in [-0.39, 0.29) is 12.5 Å². The molecule has 0 aliphatic heterocycles. The third-order valence-corrected chi connectivity index (χ3v) is 2.63. The molecule has 1 heterocycles. The topological polar surface area (TPSA) is 41.5 Å². The molecule has 0 atom stereocenters. The molecule has 1 radical (unpaired) electrons. The van der Waals surface area contributed by atoms with Crippen LogP contribution in [0.1, 0.15) is 9.67 Å². The van der Waals surface area contributed by atoms with Crippen molar-refractivity contribution >= 4 is 38.0 Å². The Balaban J connectivity index is 2.54. The average molecular weight is 270 g/mol. The molecule has 1 rings (SSSR count). The number of nitrogens with one attached hydrogen (secondary N) is 1. The molecule has 1 amide bonds. The van der Waals surface area contributed by atoms with E-state index in [2.05, 4.69) is 32.2 Å². The number of rotatable bonds is 2. The summed E-state index contributed by atoms with van der Waals surface area (Å²) in [6, 6.07) is 3.56. The van der Waals surface area contributed by atoms with Gasteiger partial charge in [0, 0.05) is 0 Å². The van der Waals surface area contributed by atoms with Crippen LogP contribution in [0.2, 0.25) is 0 Å². The standard InChI is InChI=1S/C9H7N2OSSe/c1-2-5-10-9(14)11-8(12)7-4-3-6-13-7/h1,3-4,6H,5H2,(H,10,11,12). The van der Waals surface area contributed by atoms with Crippen LogP contribution in [0.5, 0.6) is 0 Å². The zero-order valence-electron chi connectivity index (χ0n) is 7.19. The molecule has 0 bridgehead atoms. The first-order valence-electron chi connectivity index (χ1n) is 3.74. The van der Waals surface area contributed by atoms with Gasteiger partial charge in [0.05, 0.1) is 0 Å². The Labute approximate surface area is 94.4 Å². The molecule has 14 heavy (non-hydrogen) atoms. The Morgan fingerprint density at radius 3 is 3.14 bits per heavy atom. The van der Waals surface area contributed by atoms with Gasteiger partial charge in [-0.15, -0.1) is 0 Å². The fourth-order valence-electron chi connectivity index (χ4n) is 0.723. The van der Waals surface area contributed by atoms with Crippen LogP contribution in [-0.2, 0) is 0 Å². The monoisotopic (exact) mass is 271 g/mol. The second kappa shape index (κ2) is 5.61. The van der Waals surface area contributed by atoms with Gasteiger partial charge < -0.3 is 0 Å². The summed E-state index contributed by atoms with van der Waals surface area (Å²) in [5, 5.41) is 4.43. The van der Waals surface area contributed by atoms with Gasteiger partial charge in [0.15, 0.2) is 0 Å². The van der Waals surface area contributed by atoms with Crippen molar-refractivity contribution in [3.05, 3.63) is 22.4 Å². The van der Waals surface area contributed by atoms with Crippen LogP contribution in [-0.4, -0.2) is 33.2 Å². The van der Waals surface area contributed by atoms with E-state index in [1.54, 1.807) is 6.07 Å². The first kappa shape index (κ1) is 11.0. The third-order valence-electron chi connectivity index (χ3n) is 1.28. The van der Waals surface area contributed by atoms with Crippen LogP contribution in [0.15, 0.2) is 22.5 Å². The molecule has 0 aliphatic carbocycles. The summed E-state index contributed by atoms with van der Waals surface area (Å²) in [7, 11) is 0. The van der Waals surface area contributed by atoms with E-state index >= 15 is 0 Å². The molecular weight excluding hydrogens is 263 g/mol. The molecule has 5 heteroatoms. The molecule has 1 aromatic heterocycles. The van der Waals surface area contributed by atoms with E-state index in [0.29, 0.717) is 9.61 Å². The van der Waals surface area contributed by atoms with Crippen molar-refractivity contribution in [2.45, 2.75) is 0 Å². The number of nitrogens with zero attached hydrogens (tertiary/aromatic N) is 1. The molecule has 1 N–H and O–H groups in total. The van der Waals surface area contributed by atoms with Crippen molar-refractivity contribution in [1.29, 1.82) is 0 Å². The average Bonchev–Trinajstić information content (AvgIpc) is 2.67. The Kier molecular flexibility index (Phi) is 4.40. The van der Waals surface area contributed by atoms with Gasteiger partial charge in [-0.1, -0.05) is 0 Å². The number of thiophene rings is 1. The number of amides is 1. The van der Waals surface area contributed by atoms with Gasteiger partial charge in [-0.05, 0) is 0 Å². The third kappa shape index (κ3) is 3.35. The fourth-order valence-corrected chi connectivity index (χ4v) is 1.67. The summed E-state index contributed by atoms with van der Waals surface area (Å²) < 4.78 is 0.418. The van der Waals surface area contributed by atoms with E-state index in [0.717, 1.165) is 0 Å². The minimum absolute atomic E-state index is 0.172. The predicted octanol–water partition coefficient (Wildman–Crippen LogP) is 0.636. The van der Waals surface area contributed by atoms with E-state index in [1.165, 1.54) is 11.3 Å². The van der Waals surface area contributed by atoms with Gasteiger partial charge in [0.1, 0.15) is 0 Å². The summed E-state index contributed by atoms with van der Waals surface area (Å²) in [6.07, 6.45) is 5.02. The maximum absolute atomic E-state index is 11.4. The van der Waals surface area contributed by atoms with Crippen molar-refractivity contribution in [2.75, 3.05) is 6.54 Å². The van der Waals surface area contributed by atoms with Crippen LogP contribution < -0.4 is 5.32 Å². The quantitative estimate of drug-likeness (QED) is 0.364. The molecule has 0 saturated heterocycles. The summed E-state index contributed by atoms with van der Waals surface area (Å²) in [6.45, 7) is 0.257. The maximum atomic E-state index is 11.4. The van der Waals surface area contributed by atoms with E-state index in [9.17, 15) is 4.79 Å². The van der Waals surface area contributed by atoms with E-state index in [1.807, 2.05) is 11.4 Å². The molecule has 71 valence electrons. The van der Waals surface area contributed by atoms with Crippen molar-refractivity contribution < 1.29 is 4.79 Å². The van der Waals surface area contributed by atoms with Gasteiger partial charge in [0.2, 0.25) is 0 Å². The van der Waals surface area contributed by atoms with E-state index in [4.69, 9.17) is 6.42 Å². The molecule has 0 saturated carbocycles. The molecule has 3 nitrogen and oxygen atoms in total. The first-order valence-corrected chi connectivity index (χ1v) is 5.47. The Morgan fingerprint density at radius 1 is 1.79 bits per heavy atom. The molecule has 0 fully saturated rings. The second-order valence-corrected chi connectivity index (χ2v) is 4.02. The Morgan fingerprint density at radius 2 is 2.57 bits per heavy atom. The van der Waals surface area contributed by atoms with Crippen molar-refractivity contribution in [1.82, 2.24) is 5.32 Å². The fraction of sp³-hybridized carbons (Fsp3) is 0.111. The molecule has 1 aromatic rings. The van der Waals surface area contributed by atoms with E-state index < -0.39 is 0 Å². The zero-order chi connectivity index (χ0) is 10.4.